The smallest absolute Gasteiger partial charge is 0.410 e. The molecule has 0 spiro atoms. The minimum absolute atomic E-state index is 0.103. The van der Waals surface area contributed by atoms with Gasteiger partial charge in [-0.1, -0.05) is 6.07 Å². The van der Waals surface area contributed by atoms with E-state index in [9.17, 15) is 9.59 Å². The quantitative estimate of drug-likeness (QED) is 0.477. The van der Waals surface area contributed by atoms with Gasteiger partial charge in [-0.2, -0.15) is 0 Å². The number of hydrogen-bond donors (Lipinski definition) is 0. The molecule has 9 nitrogen and oxygen atoms in total. The predicted molar refractivity (Wildman–Crippen MR) is 126 cm³/mol. The highest BCUT2D eigenvalue weighted by Gasteiger charge is 2.39. The first-order chi connectivity index (χ1) is 16.2. The van der Waals surface area contributed by atoms with E-state index in [4.69, 9.17) is 23.7 Å². The Labute approximate surface area is 202 Å². The average molecular weight is 479 g/mol. The Morgan fingerprint density at radius 2 is 1.91 bits per heavy atom. The summed E-state index contributed by atoms with van der Waals surface area (Å²) < 4.78 is 27.7. The number of amides is 2. The third-order valence-electron chi connectivity index (χ3n) is 5.60. The molecule has 1 aromatic carbocycles. The number of nitrogens with zero attached hydrogens (tertiary/aromatic N) is 2. The zero-order chi connectivity index (χ0) is 24.7. The molecule has 9 heteroatoms. The van der Waals surface area contributed by atoms with Gasteiger partial charge >= 0.3 is 6.09 Å². The zero-order valence-corrected chi connectivity index (χ0v) is 21.0. The summed E-state index contributed by atoms with van der Waals surface area (Å²) in [4.78, 5) is 29.4. The molecule has 0 radical (unpaired) electrons. The predicted octanol–water partition coefficient (Wildman–Crippen LogP) is 3.24. The summed E-state index contributed by atoms with van der Waals surface area (Å²) in [6.07, 6.45) is 1.57. The molecule has 0 aromatic heterocycles. The molecule has 0 bridgehead atoms. The molecule has 1 unspecified atom stereocenters. The van der Waals surface area contributed by atoms with E-state index in [2.05, 4.69) is 0 Å². The summed E-state index contributed by atoms with van der Waals surface area (Å²) >= 11 is 0. The maximum absolute atomic E-state index is 13.4. The summed E-state index contributed by atoms with van der Waals surface area (Å²) in [6.45, 7) is 7.94. The molecular weight excluding hydrogens is 440 g/mol. The van der Waals surface area contributed by atoms with Crippen molar-refractivity contribution < 1.29 is 33.3 Å². The first kappa shape index (κ1) is 26.1. The number of ether oxygens (including phenoxy) is 5. The fraction of sp³-hybridized carbons (Fsp3) is 0.680. The van der Waals surface area contributed by atoms with Gasteiger partial charge in [0.25, 0.3) is 5.91 Å². The summed E-state index contributed by atoms with van der Waals surface area (Å²) in [5.74, 6) is 1.19. The van der Waals surface area contributed by atoms with Crippen molar-refractivity contribution in [3.8, 4) is 11.5 Å². The fourth-order valence-electron chi connectivity index (χ4n) is 3.76. The van der Waals surface area contributed by atoms with E-state index in [1.807, 2.05) is 43.9 Å². The van der Waals surface area contributed by atoms with E-state index < -0.39 is 17.8 Å². The molecule has 2 aliphatic rings. The Kier molecular flexibility index (Phi) is 9.02. The minimum atomic E-state index is -0.704. The lowest BCUT2D eigenvalue weighted by Crippen LogP contribution is -2.53. The van der Waals surface area contributed by atoms with Gasteiger partial charge in [-0.3, -0.25) is 4.79 Å². The molecule has 1 aliphatic carbocycles. The molecule has 1 heterocycles. The lowest BCUT2D eigenvalue weighted by molar-refractivity contribution is -0.150. The van der Waals surface area contributed by atoms with Gasteiger partial charge in [-0.15, -0.1) is 0 Å². The van der Waals surface area contributed by atoms with Gasteiger partial charge in [0.15, 0.2) is 17.6 Å². The molecule has 3 rings (SSSR count). The Bertz CT molecular complexity index is 835. The summed E-state index contributed by atoms with van der Waals surface area (Å²) in [7, 11) is 3.27. The first-order valence-corrected chi connectivity index (χ1v) is 11.9. The second kappa shape index (κ2) is 11.8. The van der Waals surface area contributed by atoms with Crippen LogP contribution in [0.4, 0.5) is 4.79 Å². The monoisotopic (exact) mass is 478 g/mol. The Balaban J connectivity index is 1.67. The van der Waals surface area contributed by atoms with E-state index in [0.717, 1.165) is 24.8 Å². The second-order valence-electron chi connectivity index (χ2n) is 9.66. The van der Waals surface area contributed by atoms with Crippen LogP contribution in [0.1, 0.15) is 45.6 Å². The lowest BCUT2D eigenvalue weighted by Gasteiger charge is -2.36. The third kappa shape index (κ3) is 7.50. The van der Waals surface area contributed by atoms with Gasteiger partial charge in [0.05, 0.1) is 26.9 Å². The van der Waals surface area contributed by atoms with E-state index in [-0.39, 0.29) is 18.5 Å². The van der Waals surface area contributed by atoms with Gasteiger partial charge in [-0.25, -0.2) is 4.79 Å². The number of rotatable bonds is 10. The van der Waals surface area contributed by atoms with Crippen molar-refractivity contribution in [1.29, 1.82) is 0 Å². The highest BCUT2D eigenvalue weighted by atomic mass is 16.6. The molecule has 1 aliphatic heterocycles. The largest absolute Gasteiger partial charge is 0.493 e. The normalized spacial score (nSPS) is 18.4. The first-order valence-electron chi connectivity index (χ1n) is 11.9. The number of methoxy groups -OCH3 is 2. The summed E-state index contributed by atoms with van der Waals surface area (Å²) in [6, 6.07) is 5.90. The van der Waals surface area contributed by atoms with Crippen LogP contribution in [0.2, 0.25) is 0 Å². The van der Waals surface area contributed by atoms with Crippen LogP contribution in [0.5, 0.6) is 11.5 Å². The van der Waals surface area contributed by atoms with Crippen LogP contribution in [-0.2, 0) is 25.5 Å². The van der Waals surface area contributed by atoms with Crippen molar-refractivity contribution in [2.45, 2.75) is 64.3 Å². The molecule has 2 amide bonds. The molecule has 1 saturated carbocycles. The lowest BCUT2D eigenvalue weighted by atomic mass is 10.1. The van der Waals surface area contributed by atoms with E-state index in [1.54, 1.807) is 19.1 Å². The SMILES string of the molecule is COCCCOc1cc(CN(C(=O)C2CN(C(=O)OC(C)(C)C)CCO2)C2CC2)ccc1OC. The number of morpholine rings is 1. The standard InChI is InChI=1S/C25H38N2O7/c1-25(2,3)34-24(29)26-11-14-33-22(17-26)23(28)27(19-8-9-19)16-18-7-10-20(31-5)21(15-18)32-13-6-12-30-4/h7,10,15,19,22H,6,8-9,11-14,16-17H2,1-5H3. The highest BCUT2D eigenvalue weighted by molar-refractivity contribution is 5.83. The van der Waals surface area contributed by atoms with Crippen LogP contribution in [-0.4, -0.2) is 86.7 Å². The van der Waals surface area contributed by atoms with Crippen LogP contribution in [0.25, 0.3) is 0 Å². The van der Waals surface area contributed by atoms with Crippen LogP contribution >= 0.6 is 0 Å². The number of hydrogen-bond acceptors (Lipinski definition) is 7. The fourth-order valence-corrected chi connectivity index (χ4v) is 3.76. The van der Waals surface area contributed by atoms with Crippen molar-refractivity contribution in [1.82, 2.24) is 9.80 Å². The molecule has 34 heavy (non-hydrogen) atoms. The van der Waals surface area contributed by atoms with Crippen molar-refractivity contribution >= 4 is 12.0 Å². The molecule has 190 valence electrons. The van der Waals surface area contributed by atoms with Crippen molar-refractivity contribution in [3.05, 3.63) is 23.8 Å². The number of carbonyl (C=O) groups is 2. The summed E-state index contributed by atoms with van der Waals surface area (Å²) in [5.41, 5.74) is 0.356. The van der Waals surface area contributed by atoms with Gasteiger partial charge < -0.3 is 33.5 Å². The molecule has 1 atom stereocenters. The van der Waals surface area contributed by atoms with Gasteiger partial charge in [-0.05, 0) is 51.3 Å². The zero-order valence-electron chi connectivity index (χ0n) is 21.0. The Morgan fingerprint density at radius 3 is 2.56 bits per heavy atom. The van der Waals surface area contributed by atoms with Crippen molar-refractivity contribution in [3.63, 3.8) is 0 Å². The molecular formula is C25H38N2O7. The van der Waals surface area contributed by atoms with Crippen LogP contribution in [0.15, 0.2) is 18.2 Å². The van der Waals surface area contributed by atoms with E-state index >= 15 is 0 Å². The minimum Gasteiger partial charge on any atom is -0.493 e. The second-order valence-corrected chi connectivity index (χ2v) is 9.66. The van der Waals surface area contributed by atoms with Crippen LogP contribution in [0, 0.1) is 0 Å². The number of benzene rings is 1. The molecule has 2 fully saturated rings. The summed E-state index contributed by atoms with van der Waals surface area (Å²) in [5, 5.41) is 0. The van der Waals surface area contributed by atoms with Crippen molar-refractivity contribution in [2.75, 3.05) is 47.1 Å². The maximum atomic E-state index is 13.4. The molecule has 1 saturated heterocycles. The van der Waals surface area contributed by atoms with Crippen LogP contribution in [0.3, 0.4) is 0 Å². The number of carbonyl (C=O) groups excluding carboxylic acids is 2. The van der Waals surface area contributed by atoms with E-state index in [1.165, 1.54) is 0 Å². The molecule has 1 aromatic rings. The van der Waals surface area contributed by atoms with Gasteiger partial charge in [0.2, 0.25) is 0 Å². The van der Waals surface area contributed by atoms with Crippen molar-refractivity contribution in [2.24, 2.45) is 0 Å². The highest BCUT2D eigenvalue weighted by Crippen LogP contribution is 2.33. The van der Waals surface area contributed by atoms with Gasteiger partial charge in [0.1, 0.15) is 5.60 Å². The van der Waals surface area contributed by atoms with Gasteiger partial charge in [0, 0.05) is 39.3 Å². The molecule has 0 N–H and O–H groups in total. The maximum Gasteiger partial charge on any atom is 0.410 e. The Morgan fingerprint density at radius 1 is 1.15 bits per heavy atom. The topological polar surface area (TPSA) is 86.8 Å². The average Bonchev–Trinajstić information content (AvgIpc) is 3.64. The van der Waals surface area contributed by atoms with E-state index in [0.29, 0.717) is 44.4 Å². The Hall–Kier alpha value is -2.52. The third-order valence-corrected chi connectivity index (χ3v) is 5.60. The van der Waals surface area contributed by atoms with Crippen LogP contribution < -0.4 is 9.47 Å².